The number of carbonyl (C=O) groups excluding carboxylic acids is 1. The molecular weight excluding hydrogens is 368 g/mol. The van der Waals surface area contributed by atoms with Gasteiger partial charge in [0.05, 0.1) is 12.9 Å². The van der Waals surface area contributed by atoms with Crippen LogP contribution in [0.4, 0.5) is 0 Å². The number of aromatic nitrogens is 2. The lowest BCUT2D eigenvalue weighted by Gasteiger charge is -2.23. The molecule has 8 nitrogen and oxygen atoms in total. The molecule has 1 aromatic heterocycles. The van der Waals surface area contributed by atoms with Crippen molar-refractivity contribution >= 4 is 17.7 Å². The molecule has 2 rings (SSSR count). The highest BCUT2D eigenvalue weighted by molar-refractivity contribution is 8.00. The quantitative estimate of drug-likeness (QED) is 0.577. The highest BCUT2D eigenvalue weighted by Gasteiger charge is 2.15. The molecule has 0 aliphatic heterocycles. The van der Waals surface area contributed by atoms with Crippen LogP contribution in [0.25, 0.3) is 0 Å². The number of hydrogen-bond acceptors (Lipinski definition) is 7. The van der Waals surface area contributed by atoms with Crippen molar-refractivity contribution in [1.82, 2.24) is 19.9 Å². The van der Waals surface area contributed by atoms with Gasteiger partial charge in [0.25, 0.3) is 0 Å². The van der Waals surface area contributed by atoms with Crippen molar-refractivity contribution in [3.63, 3.8) is 0 Å². The van der Waals surface area contributed by atoms with E-state index in [0.717, 1.165) is 23.6 Å². The first-order valence-corrected chi connectivity index (χ1v) is 9.70. The van der Waals surface area contributed by atoms with E-state index in [1.165, 1.54) is 11.8 Å². The zero-order valence-electron chi connectivity index (χ0n) is 15.9. The van der Waals surface area contributed by atoms with Crippen LogP contribution in [0.15, 0.2) is 38.5 Å². The summed E-state index contributed by atoms with van der Waals surface area (Å²) in [5.41, 5.74) is 0. The number of methoxy groups -OCH3 is 1. The molecular formula is C18H26N4O4S. The molecule has 148 valence electrons. The second-order valence-corrected chi connectivity index (χ2v) is 7.35. The zero-order valence-corrected chi connectivity index (χ0v) is 16.8. The molecule has 0 aliphatic rings. The third-order valence-corrected chi connectivity index (χ3v) is 4.87. The number of nitrogens with one attached hydrogen (secondary N) is 1. The maximum Gasteiger partial charge on any atom is 0.438 e. The van der Waals surface area contributed by atoms with Crippen LogP contribution in [-0.4, -0.2) is 72.4 Å². The molecule has 0 saturated carbocycles. The van der Waals surface area contributed by atoms with E-state index in [4.69, 9.17) is 4.74 Å². The summed E-state index contributed by atoms with van der Waals surface area (Å²) in [5.74, 6) is 1.03. The highest BCUT2D eigenvalue weighted by atomic mass is 32.2. The second kappa shape index (κ2) is 10.8. The number of amides is 1. The van der Waals surface area contributed by atoms with Gasteiger partial charge >= 0.3 is 5.76 Å². The maximum atomic E-state index is 12.7. The highest BCUT2D eigenvalue weighted by Crippen LogP contribution is 2.23. The largest absolute Gasteiger partial charge is 0.497 e. The van der Waals surface area contributed by atoms with Crippen molar-refractivity contribution in [2.24, 2.45) is 0 Å². The molecule has 0 atom stereocenters. The SMILES string of the molecule is COc1cccc(SCC(=O)N(CCCN(C)C)CCc2noc(=O)[nH]2)c1. The Bertz CT molecular complexity index is 774. The molecule has 1 N–H and O–H groups in total. The van der Waals surface area contributed by atoms with Crippen LogP contribution in [0.2, 0.25) is 0 Å². The molecule has 0 fully saturated rings. The predicted octanol–water partition coefficient (Wildman–Crippen LogP) is 1.49. The van der Waals surface area contributed by atoms with Gasteiger partial charge in [-0.25, -0.2) is 4.79 Å². The van der Waals surface area contributed by atoms with Gasteiger partial charge in [0.1, 0.15) is 5.75 Å². The maximum absolute atomic E-state index is 12.7. The van der Waals surface area contributed by atoms with Crippen LogP contribution >= 0.6 is 11.8 Å². The van der Waals surface area contributed by atoms with Gasteiger partial charge in [-0.15, -0.1) is 11.8 Å². The van der Waals surface area contributed by atoms with Crippen LogP contribution in [0, 0.1) is 0 Å². The average Bonchev–Trinajstić information content (AvgIpc) is 3.07. The van der Waals surface area contributed by atoms with E-state index in [1.54, 1.807) is 7.11 Å². The van der Waals surface area contributed by atoms with Crippen LogP contribution in [-0.2, 0) is 11.2 Å². The van der Waals surface area contributed by atoms with Gasteiger partial charge in [-0.1, -0.05) is 11.2 Å². The smallest absolute Gasteiger partial charge is 0.438 e. The number of H-pyrrole nitrogens is 1. The lowest BCUT2D eigenvalue weighted by molar-refractivity contribution is -0.128. The third kappa shape index (κ3) is 7.48. The first-order chi connectivity index (χ1) is 13.0. The summed E-state index contributed by atoms with van der Waals surface area (Å²) in [6.07, 6.45) is 1.32. The molecule has 0 bridgehead atoms. The van der Waals surface area contributed by atoms with Gasteiger partial charge in [-0.3, -0.25) is 14.3 Å². The fraction of sp³-hybridized carbons (Fsp3) is 0.500. The van der Waals surface area contributed by atoms with Gasteiger partial charge in [0.2, 0.25) is 5.91 Å². The van der Waals surface area contributed by atoms with E-state index < -0.39 is 5.76 Å². The van der Waals surface area contributed by atoms with Gasteiger partial charge in [-0.05, 0) is 45.3 Å². The molecule has 0 aliphatic carbocycles. The lowest BCUT2D eigenvalue weighted by Crippen LogP contribution is -2.36. The molecule has 0 saturated heterocycles. The van der Waals surface area contributed by atoms with E-state index in [9.17, 15) is 9.59 Å². The summed E-state index contributed by atoms with van der Waals surface area (Å²) in [6.45, 7) is 2.03. The number of rotatable bonds is 11. The van der Waals surface area contributed by atoms with Gasteiger partial charge < -0.3 is 14.5 Å². The standard InChI is InChI=1S/C18H26N4O4S/c1-21(2)9-5-10-22(11-8-16-19-18(24)26-20-16)17(23)13-27-15-7-4-6-14(12-15)25-3/h4,6-7,12H,5,8-11,13H2,1-3H3,(H,19,20,24). The summed E-state index contributed by atoms with van der Waals surface area (Å²) < 4.78 is 9.73. The third-order valence-electron chi connectivity index (χ3n) is 3.89. The van der Waals surface area contributed by atoms with Crippen molar-refractivity contribution in [2.45, 2.75) is 17.7 Å². The Balaban J connectivity index is 1.92. The molecule has 27 heavy (non-hydrogen) atoms. The van der Waals surface area contributed by atoms with Crippen LogP contribution in [0.3, 0.4) is 0 Å². The van der Waals surface area contributed by atoms with Gasteiger partial charge in [-0.2, -0.15) is 0 Å². The molecule has 1 aromatic carbocycles. The molecule has 9 heteroatoms. The van der Waals surface area contributed by atoms with Crippen molar-refractivity contribution < 1.29 is 14.1 Å². The fourth-order valence-electron chi connectivity index (χ4n) is 2.48. The second-order valence-electron chi connectivity index (χ2n) is 6.30. The number of benzene rings is 1. The molecule has 0 spiro atoms. The van der Waals surface area contributed by atoms with Gasteiger partial charge in [0.15, 0.2) is 5.82 Å². The van der Waals surface area contributed by atoms with Crippen molar-refractivity contribution in [3.8, 4) is 5.75 Å². The number of aromatic amines is 1. The number of ether oxygens (including phenoxy) is 1. The van der Waals surface area contributed by atoms with Crippen molar-refractivity contribution in [2.75, 3.05) is 46.6 Å². The van der Waals surface area contributed by atoms with Crippen molar-refractivity contribution in [3.05, 3.63) is 40.6 Å². The Kier molecular flexibility index (Phi) is 8.41. The minimum Gasteiger partial charge on any atom is -0.497 e. The van der Waals surface area contributed by atoms with Crippen LogP contribution in [0.1, 0.15) is 12.2 Å². The summed E-state index contributed by atoms with van der Waals surface area (Å²) >= 11 is 1.48. The first-order valence-electron chi connectivity index (χ1n) is 8.72. The molecule has 0 unspecified atom stereocenters. The number of thioether (sulfide) groups is 1. The Morgan fingerprint density at radius 3 is 2.78 bits per heavy atom. The monoisotopic (exact) mass is 394 g/mol. The van der Waals surface area contributed by atoms with E-state index in [1.807, 2.05) is 43.3 Å². The van der Waals surface area contributed by atoms with Gasteiger partial charge in [0, 0.05) is 24.4 Å². The zero-order chi connectivity index (χ0) is 19.6. The van der Waals surface area contributed by atoms with E-state index in [-0.39, 0.29) is 5.91 Å². The predicted molar refractivity (Wildman–Crippen MR) is 104 cm³/mol. The normalized spacial score (nSPS) is 11.0. The van der Waals surface area contributed by atoms with Crippen LogP contribution < -0.4 is 10.5 Å². The molecule has 1 amide bonds. The molecule has 0 radical (unpaired) electrons. The van der Waals surface area contributed by atoms with E-state index in [0.29, 0.717) is 31.1 Å². The Morgan fingerprint density at radius 1 is 1.30 bits per heavy atom. The molecule has 1 heterocycles. The topological polar surface area (TPSA) is 91.7 Å². The van der Waals surface area contributed by atoms with Crippen molar-refractivity contribution in [1.29, 1.82) is 0 Å². The van der Waals surface area contributed by atoms with Crippen LogP contribution in [0.5, 0.6) is 5.75 Å². The Morgan fingerprint density at radius 2 is 2.11 bits per heavy atom. The molecule has 2 aromatic rings. The number of hydrogen-bond donors (Lipinski definition) is 1. The average molecular weight is 394 g/mol. The summed E-state index contributed by atoms with van der Waals surface area (Å²) in [4.78, 5) is 31.2. The van der Waals surface area contributed by atoms with E-state index >= 15 is 0 Å². The number of nitrogens with zero attached hydrogens (tertiary/aromatic N) is 3. The minimum absolute atomic E-state index is 0.0485. The fourth-order valence-corrected chi connectivity index (χ4v) is 3.32. The Labute approximate surface area is 162 Å². The number of carbonyl (C=O) groups is 1. The summed E-state index contributed by atoms with van der Waals surface area (Å²) in [7, 11) is 5.63. The van der Waals surface area contributed by atoms with E-state index in [2.05, 4.69) is 19.6 Å². The summed E-state index contributed by atoms with van der Waals surface area (Å²) in [6, 6.07) is 7.64. The lowest BCUT2D eigenvalue weighted by atomic mass is 10.3. The minimum atomic E-state index is -0.580. The summed E-state index contributed by atoms with van der Waals surface area (Å²) in [5, 5.41) is 3.66. The Hall–Kier alpha value is -2.26. The first kappa shape index (κ1) is 21.0.